The number of benzene rings is 3. The summed E-state index contributed by atoms with van der Waals surface area (Å²) in [5.41, 5.74) is 5.01. The van der Waals surface area contributed by atoms with Crippen LogP contribution in [0.25, 0.3) is 6.08 Å². The average molecular weight is 672 g/mol. The van der Waals surface area contributed by atoms with Gasteiger partial charge in [-0.1, -0.05) is 53.3 Å². The summed E-state index contributed by atoms with van der Waals surface area (Å²) < 4.78 is 19.8. The summed E-state index contributed by atoms with van der Waals surface area (Å²) >= 11 is 7.33. The number of carbonyl (C=O) groups is 1. The van der Waals surface area contributed by atoms with Crippen molar-refractivity contribution in [3.8, 4) is 11.5 Å². The van der Waals surface area contributed by atoms with Crippen LogP contribution in [-0.2, 0) is 22.6 Å². The van der Waals surface area contributed by atoms with Gasteiger partial charge >= 0.3 is 5.97 Å². The van der Waals surface area contributed by atoms with Crippen molar-refractivity contribution < 1.29 is 19.0 Å². The molecule has 8 nitrogen and oxygen atoms in total. The van der Waals surface area contributed by atoms with E-state index in [-0.39, 0.29) is 12.2 Å². The van der Waals surface area contributed by atoms with Gasteiger partial charge in [-0.3, -0.25) is 9.36 Å². The molecule has 5 rings (SSSR count). The Bertz CT molecular complexity index is 1990. The molecule has 0 N–H and O–H groups in total. The van der Waals surface area contributed by atoms with E-state index < -0.39 is 12.0 Å². The number of hydrogen-bond acceptors (Lipinski definition) is 8. The van der Waals surface area contributed by atoms with Gasteiger partial charge in [-0.2, -0.15) is 0 Å². The molecule has 244 valence electrons. The maximum absolute atomic E-state index is 14.2. The van der Waals surface area contributed by atoms with Gasteiger partial charge in [0.15, 0.2) is 16.3 Å². The topological polar surface area (TPSA) is 82.4 Å². The van der Waals surface area contributed by atoms with E-state index in [1.807, 2.05) is 92.7 Å². The fraction of sp³-hybridized carbons (Fsp3) is 0.270. The van der Waals surface area contributed by atoms with E-state index in [1.54, 1.807) is 24.5 Å². The summed E-state index contributed by atoms with van der Waals surface area (Å²) in [6.07, 6.45) is 4.17. The third-order valence-corrected chi connectivity index (χ3v) is 8.89. The van der Waals surface area contributed by atoms with Crippen LogP contribution >= 0.6 is 22.9 Å². The van der Waals surface area contributed by atoms with E-state index in [2.05, 4.69) is 6.58 Å². The molecule has 10 heteroatoms. The van der Waals surface area contributed by atoms with Gasteiger partial charge in [0.25, 0.3) is 5.56 Å². The van der Waals surface area contributed by atoms with Crippen molar-refractivity contribution in [2.24, 2.45) is 4.99 Å². The number of halogens is 1. The van der Waals surface area contributed by atoms with Crippen LogP contribution in [0, 0.1) is 0 Å². The van der Waals surface area contributed by atoms with Crippen molar-refractivity contribution >= 4 is 40.7 Å². The molecule has 4 aromatic rings. The van der Waals surface area contributed by atoms with Gasteiger partial charge in [-0.05, 0) is 86.4 Å². The lowest BCUT2D eigenvalue weighted by Crippen LogP contribution is -2.39. The molecule has 0 fully saturated rings. The van der Waals surface area contributed by atoms with Gasteiger partial charge < -0.3 is 19.1 Å². The number of allylic oxidation sites excluding steroid dienone is 2. The Morgan fingerprint density at radius 1 is 1.06 bits per heavy atom. The molecule has 1 atom stereocenters. The second-order valence-corrected chi connectivity index (χ2v) is 12.6. The number of nitrogens with zero attached hydrogens (tertiary/aromatic N) is 3. The first-order valence-electron chi connectivity index (χ1n) is 15.4. The average Bonchev–Trinajstić information content (AvgIpc) is 3.34. The number of hydrogen-bond donors (Lipinski definition) is 0. The zero-order valence-electron chi connectivity index (χ0n) is 27.2. The number of carbonyl (C=O) groups excluding carboxylic acids is 1. The molecule has 0 unspecified atom stereocenters. The Morgan fingerprint density at radius 3 is 2.43 bits per heavy atom. The normalized spacial score (nSPS) is 14.3. The van der Waals surface area contributed by atoms with Crippen LogP contribution in [0.5, 0.6) is 11.5 Å². The molecule has 3 aromatic carbocycles. The van der Waals surface area contributed by atoms with Crippen molar-refractivity contribution in [2.45, 2.75) is 39.8 Å². The molecule has 1 aliphatic heterocycles. The summed E-state index contributed by atoms with van der Waals surface area (Å²) in [6, 6.07) is 18.5. The fourth-order valence-corrected chi connectivity index (χ4v) is 6.62. The van der Waals surface area contributed by atoms with Crippen LogP contribution in [0.3, 0.4) is 0 Å². The summed E-state index contributed by atoms with van der Waals surface area (Å²) in [7, 11) is 3.92. The summed E-state index contributed by atoms with van der Waals surface area (Å²) in [5.74, 6) is 0.699. The molecule has 0 amide bonds. The Kier molecular flexibility index (Phi) is 10.7. The quantitative estimate of drug-likeness (QED) is 0.131. The van der Waals surface area contributed by atoms with E-state index in [1.165, 1.54) is 11.3 Å². The molecule has 0 aliphatic carbocycles. The van der Waals surface area contributed by atoms with E-state index in [9.17, 15) is 9.59 Å². The number of fused-ring (bicyclic) bond motifs is 1. The second-order valence-electron chi connectivity index (χ2n) is 11.1. The monoisotopic (exact) mass is 671 g/mol. The SMILES string of the molecule is C=CCc1cc(/C=c2/sc3n(c2=O)[C@H](c2ccc(N(C)C)cc2)C(C(=O)OCC)=C(C)N=3)cc(OCC)c1OCc1ccc(Cl)cc1. The summed E-state index contributed by atoms with van der Waals surface area (Å²) in [5, 5.41) is 0.659. The highest BCUT2D eigenvalue weighted by Crippen LogP contribution is 2.35. The molecule has 1 aromatic heterocycles. The molecule has 0 saturated carbocycles. The third kappa shape index (κ3) is 7.37. The van der Waals surface area contributed by atoms with Gasteiger partial charge in [0.05, 0.1) is 35.1 Å². The van der Waals surface area contributed by atoms with Gasteiger partial charge in [-0.15, -0.1) is 6.58 Å². The minimum Gasteiger partial charge on any atom is -0.490 e. The van der Waals surface area contributed by atoms with Crippen LogP contribution in [0.1, 0.15) is 49.1 Å². The van der Waals surface area contributed by atoms with Gasteiger partial charge in [0.1, 0.15) is 6.61 Å². The minimum atomic E-state index is -0.692. The van der Waals surface area contributed by atoms with Crippen molar-refractivity contribution in [3.05, 3.63) is 132 Å². The zero-order valence-corrected chi connectivity index (χ0v) is 28.8. The summed E-state index contributed by atoms with van der Waals surface area (Å²) in [4.78, 5) is 34.7. The smallest absolute Gasteiger partial charge is 0.338 e. The summed E-state index contributed by atoms with van der Waals surface area (Å²) in [6.45, 7) is 10.4. The van der Waals surface area contributed by atoms with Crippen LogP contribution in [0.15, 0.2) is 94.4 Å². The Morgan fingerprint density at radius 2 is 1.79 bits per heavy atom. The fourth-order valence-electron chi connectivity index (χ4n) is 5.45. The van der Waals surface area contributed by atoms with Crippen molar-refractivity contribution in [2.75, 3.05) is 32.2 Å². The molecular formula is C37H38ClN3O5S. The Hall–Kier alpha value is -4.60. The van der Waals surface area contributed by atoms with Gasteiger partial charge in [0, 0.05) is 30.4 Å². The van der Waals surface area contributed by atoms with Crippen molar-refractivity contribution in [3.63, 3.8) is 0 Å². The molecule has 1 aliphatic rings. The second kappa shape index (κ2) is 14.9. The number of aromatic nitrogens is 1. The largest absolute Gasteiger partial charge is 0.490 e. The van der Waals surface area contributed by atoms with E-state index in [0.29, 0.717) is 56.8 Å². The highest BCUT2D eigenvalue weighted by atomic mass is 35.5. The Balaban J connectivity index is 1.62. The van der Waals surface area contributed by atoms with Crippen LogP contribution in [0.4, 0.5) is 5.69 Å². The molecular weight excluding hydrogens is 634 g/mol. The van der Waals surface area contributed by atoms with E-state index in [0.717, 1.165) is 27.9 Å². The first kappa shape index (κ1) is 33.8. The van der Waals surface area contributed by atoms with E-state index in [4.69, 9.17) is 30.8 Å². The lowest BCUT2D eigenvalue weighted by molar-refractivity contribution is -0.139. The lowest BCUT2D eigenvalue weighted by atomic mass is 9.95. The van der Waals surface area contributed by atoms with Crippen LogP contribution < -0.4 is 29.3 Å². The molecule has 0 saturated heterocycles. The molecule has 0 bridgehead atoms. The first-order chi connectivity index (χ1) is 22.6. The minimum absolute atomic E-state index is 0.209. The molecule has 0 radical (unpaired) electrons. The maximum Gasteiger partial charge on any atom is 0.338 e. The zero-order chi connectivity index (χ0) is 33.7. The predicted molar refractivity (Wildman–Crippen MR) is 188 cm³/mol. The molecule has 0 spiro atoms. The van der Waals surface area contributed by atoms with Gasteiger partial charge in [-0.25, -0.2) is 9.79 Å². The van der Waals surface area contributed by atoms with E-state index >= 15 is 0 Å². The number of thiazole rings is 1. The molecule has 47 heavy (non-hydrogen) atoms. The van der Waals surface area contributed by atoms with Crippen LogP contribution in [-0.4, -0.2) is 37.8 Å². The van der Waals surface area contributed by atoms with Gasteiger partial charge in [0.2, 0.25) is 0 Å². The van der Waals surface area contributed by atoms with Crippen molar-refractivity contribution in [1.29, 1.82) is 0 Å². The first-order valence-corrected chi connectivity index (χ1v) is 16.6. The highest BCUT2D eigenvalue weighted by molar-refractivity contribution is 7.07. The number of esters is 1. The number of ether oxygens (including phenoxy) is 3. The lowest BCUT2D eigenvalue weighted by Gasteiger charge is -2.25. The highest BCUT2D eigenvalue weighted by Gasteiger charge is 2.33. The standard InChI is InChI=1S/C37H38ClN3O5S/c1-7-10-27-19-25(20-30(44-8-2)34(27)46-22-24-11-15-28(38)16-12-24)21-31-35(42)41-33(26-13-17-29(18-14-26)40(5)6)32(36(43)45-9-3)23(4)39-37(41)47-31/h7,11-21,33H,1,8-10,22H2,2-6H3/b31-21+/t33-/m1/s1. The van der Waals surface area contributed by atoms with Crippen LogP contribution in [0.2, 0.25) is 5.02 Å². The Labute approximate surface area is 283 Å². The molecule has 2 heterocycles. The number of anilines is 1. The third-order valence-electron chi connectivity index (χ3n) is 7.65. The van der Waals surface area contributed by atoms with Crippen molar-refractivity contribution in [1.82, 2.24) is 4.57 Å². The predicted octanol–water partition coefficient (Wildman–Crippen LogP) is 6.22. The maximum atomic E-state index is 14.2. The number of rotatable bonds is 12.